The minimum Gasteiger partial charge on any atom is -0.508 e. The summed E-state index contributed by atoms with van der Waals surface area (Å²) in [4.78, 5) is 0. The molecule has 2 atom stereocenters. The fraction of sp³-hybridized carbons (Fsp3) is 0.300. The molecule has 80 valence electrons. The number of alkyl halides is 1. The second-order valence-corrected chi connectivity index (χ2v) is 3.36. The summed E-state index contributed by atoms with van der Waals surface area (Å²) in [6.07, 6.45) is -2.47. The van der Waals surface area contributed by atoms with Gasteiger partial charge in [0.15, 0.2) is 0 Å². The molecule has 0 aliphatic rings. The van der Waals surface area contributed by atoms with Crippen LogP contribution >= 0.6 is 11.6 Å². The maximum absolute atomic E-state index is 9.59. The van der Waals surface area contributed by atoms with Crippen LogP contribution in [0.3, 0.4) is 0 Å². The normalized spacial score (nSPS) is 14.3. The van der Waals surface area contributed by atoms with E-state index in [1.165, 1.54) is 18.2 Å². The van der Waals surface area contributed by atoms with Gasteiger partial charge in [-0.25, -0.2) is 0 Å². The number of hydrogen-bond acceptors (Lipinski definition) is 4. The topological polar surface area (TPSA) is 84.5 Å². The van der Waals surface area contributed by atoms with Gasteiger partial charge in [-0.05, 0) is 18.2 Å². The fourth-order valence-electron chi connectivity index (χ4n) is 1.15. The van der Waals surface area contributed by atoms with E-state index in [2.05, 4.69) is 0 Å². The van der Waals surface area contributed by atoms with E-state index in [-0.39, 0.29) is 17.2 Å². The molecule has 15 heavy (non-hydrogen) atoms. The van der Waals surface area contributed by atoms with E-state index in [0.717, 1.165) is 0 Å². The van der Waals surface area contributed by atoms with Gasteiger partial charge in [0.25, 0.3) is 0 Å². The Kier molecular flexibility index (Phi) is 3.92. The van der Waals surface area contributed by atoms with Crippen molar-refractivity contribution < 1.29 is 15.3 Å². The first-order valence-corrected chi connectivity index (χ1v) is 4.78. The number of aliphatic hydroxyl groups excluding tert-OH is 2. The lowest BCUT2D eigenvalue weighted by Gasteiger charge is -2.16. The average Bonchev–Trinajstić information content (AvgIpc) is 2.27. The summed E-state index contributed by atoms with van der Waals surface area (Å²) in [7, 11) is 0. The van der Waals surface area contributed by atoms with Crippen molar-refractivity contribution >= 4 is 11.6 Å². The van der Waals surface area contributed by atoms with Gasteiger partial charge in [-0.15, -0.1) is 11.6 Å². The second kappa shape index (κ2) is 4.99. The molecule has 0 aliphatic carbocycles. The summed E-state index contributed by atoms with van der Waals surface area (Å²) in [6.45, 7) is 0. The molecule has 1 rings (SSSR count). The van der Waals surface area contributed by atoms with Gasteiger partial charge in [-0.1, -0.05) is 0 Å². The lowest BCUT2D eigenvalue weighted by molar-refractivity contribution is 0.0312. The van der Waals surface area contributed by atoms with Gasteiger partial charge < -0.3 is 15.3 Å². The molecule has 3 N–H and O–H groups in total. The van der Waals surface area contributed by atoms with Gasteiger partial charge in [0.2, 0.25) is 0 Å². The standard InChI is InChI=1S/C10H10ClNO3/c11-4-9(14)10(15)7-3-6(5-12)1-2-8(7)13/h1-3,9-10,13-15H,4H2. The van der Waals surface area contributed by atoms with Crippen LogP contribution < -0.4 is 0 Å². The Morgan fingerprint density at radius 2 is 2.07 bits per heavy atom. The maximum Gasteiger partial charge on any atom is 0.121 e. The van der Waals surface area contributed by atoms with Gasteiger partial charge in [0.05, 0.1) is 23.6 Å². The van der Waals surface area contributed by atoms with E-state index in [1.54, 1.807) is 0 Å². The molecule has 0 saturated heterocycles. The van der Waals surface area contributed by atoms with Crippen LogP contribution in [0.5, 0.6) is 5.75 Å². The largest absolute Gasteiger partial charge is 0.508 e. The van der Waals surface area contributed by atoms with Gasteiger partial charge in [0.1, 0.15) is 11.9 Å². The summed E-state index contributed by atoms with van der Waals surface area (Å²) in [5.41, 5.74) is 0.394. The molecule has 1 aromatic carbocycles. The number of benzene rings is 1. The molecule has 0 aliphatic heterocycles. The third-order valence-corrected chi connectivity index (χ3v) is 2.31. The number of phenols is 1. The molecular weight excluding hydrogens is 218 g/mol. The van der Waals surface area contributed by atoms with E-state index >= 15 is 0 Å². The highest BCUT2D eigenvalue weighted by Crippen LogP contribution is 2.27. The molecule has 0 saturated carbocycles. The van der Waals surface area contributed by atoms with Crippen molar-refractivity contribution in [1.82, 2.24) is 0 Å². The Labute approximate surface area is 92.0 Å². The highest BCUT2D eigenvalue weighted by molar-refractivity contribution is 6.18. The number of aromatic hydroxyl groups is 1. The van der Waals surface area contributed by atoms with Crippen molar-refractivity contribution in [2.24, 2.45) is 0 Å². The Hall–Kier alpha value is -1.28. The number of nitriles is 1. The minimum atomic E-state index is -1.30. The predicted octanol–water partition coefficient (Wildman–Crippen LogP) is 0.897. The summed E-state index contributed by atoms with van der Waals surface area (Å²) in [6, 6.07) is 5.89. The summed E-state index contributed by atoms with van der Waals surface area (Å²) >= 11 is 5.37. The van der Waals surface area contributed by atoms with Crippen molar-refractivity contribution in [3.05, 3.63) is 29.3 Å². The Morgan fingerprint density at radius 1 is 1.40 bits per heavy atom. The smallest absolute Gasteiger partial charge is 0.121 e. The summed E-state index contributed by atoms with van der Waals surface area (Å²) in [5.74, 6) is -0.331. The van der Waals surface area contributed by atoms with Crippen LogP contribution in [0.25, 0.3) is 0 Å². The molecule has 5 heteroatoms. The Morgan fingerprint density at radius 3 is 2.60 bits per heavy atom. The quantitative estimate of drug-likeness (QED) is 0.670. The zero-order valence-corrected chi connectivity index (χ0v) is 8.52. The lowest BCUT2D eigenvalue weighted by atomic mass is 10.0. The SMILES string of the molecule is N#Cc1ccc(O)c(C(O)C(O)CCl)c1. The first-order chi connectivity index (χ1) is 7.10. The first kappa shape index (κ1) is 11.8. The zero-order chi connectivity index (χ0) is 11.4. The van der Waals surface area contributed by atoms with E-state index in [9.17, 15) is 15.3 Å². The number of halogens is 1. The van der Waals surface area contributed by atoms with E-state index in [1.807, 2.05) is 6.07 Å². The van der Waals surface area contributed by atoms with Crippen LogP contribution in [0, 0.1) is 11.3 Å². The maximum atomic E-state index is 9.59. The molecule has 1 aromatic rings. The molecule has 0 spiro atoms. The minimum absolute atomic E-state index is 0.0993. The van der Waals surface area contributed by atoms with Crippen LogP contribution in [0.4, 0.5) is 0 Å². The highest BCUT2D eigenvalue weighted by atomic mass is 35.5. The van der Waals surface area contributed by atoms with Gasteiger partial charge >= 0.3 is 0 Å². The lowest BCUT2D eigenvalue weighted by Crippen LogP contribution is -2.19. The third-order valence-electron chi connectivity index (χ3n) is 2.00. The van der Waals surface area contributed by atoms with E-state index in [4.69, 9.17) is 16.9 Å². The van der Waals surface area contributed by atoms with E-state index < -0.39 is 12.2 Å². The van der Waals surface area contributed by atoms with Crippen LogP contribution in [0.1, 0.15) is 17.2 Å². The van der Waals surface area contributed by atoms with Crippen LogP contribution in [-0.2, 0) is 0 Å². The fourth-order valence-corrected chi connectivity index (χ4v) is 1.32. The highest BCUT2D eigenvalue weighted by Gasteiger charge is 2.20. The molecule has 2 unspecified atom stereocenters. The van der Waals surface area contributed by atoms with Crippen LogP contribution in [0.2, 0.25) is 0 Å². The molecule has 0 heterocycles. The van der Waals surface area contributed by atoms with E-state index in [0.29, 0.717) is 5.56 Å². The number of phenolic OH excluding ortho intramolecular Hbond substituents is 1. The molecule has 0 bridgehead atoms. The number of nitrogens with zero attached hydrogens (tertiary/aromatic N) is 1. The molecule has 0 radical (unpaired) electrons. The number of hydrogen-bond donors (Lipinski definition) is 3. The molecule has 0 aromatic heterocycles. The van der Waals surface area contributed by atoms with Crippen molar-refractivity contribution in [2.45, 2.75) is 12.2 Å². The van der Waals surface area contributed by atoms with Crippen molar-refractivity contribution in [3.63, 3.8) is 0 Å². The monoisotopic (exact) mass is 227 g/mol. The number of rotatable bonds is 3. The zero-order valence-electron chi connectivity index (χ0n) is 7.76. The third kappa shape index (κ3) is 2.60. The van der Waals surface area contributed by atoms with Crippen LogP contribution in [-0.4, -0.2) is 27.3 Å². The van der Waals surface area contributed by atoms with Gasteiger partial charge in [-0.3, -0.25) is 0 Å². The van der Waals surface area contributed by atoms with Crippen molar-refractivity contribution in [3.8, 4) is 11.8 Å². The van der Waals surface area contributed by atoms with Crippen molar-refractivity contribution in [2.75, 3.05) is 5.88 Å². The number of aliphatic hydroxyl groups is 2. The summed E-state index contributed by atoms with van der Waals surface area (Å²) in [5, 5.41) is 36.9. The van der Waals surface area contributed by atoms with Gasteiger partial charge in [-0.2, -0.15) is 5.26 Å². The Bertz CT molecular complexity index is 389. The molecule has 0 fully saturated rings. The Balaban J connectivity index is 3.07. The molecule has 4 nitrogen and oxygen atoms in total. The predicted molar refractivity (Wildman–Crippen MR) is 54.5 cm³/mol. The summed E-state index contributed by atoms with van der Waals surface area (Å²) < 4.78 is 0. The van der Waals surface area contributed by atoms with Gasteiger partial charge in [0, 0.05) is 5.56 Å². The molecular formula is C10H10ClNO3. The first-order valence-electron chi connectivity index (χ1n) is 4.25. The van der Waals surface area contributed by atoms with Crippen molar-refractivity contribution in [1.29, 1.82) is 5.26 Å². The average molecular weight is 228 g/mol. The molecule has 0 amide bonds. The van der Waals surface area contributed by atoms with Crippen LogP contribution in [0.15, 0.2) is 18.2 Å². The second-order valence-electron chi connectivity index (χ2n) is 3.05.